The van der Waals surface area contributed by atoms with Crippen molar-refractivity contribution < 1.29 is 14.3 Å². The van der Waals surface area contributed by atoms with E-state index in [1.54, 1.807) is 32.4 Å². The maximum Gasteiger partial charge on any atom is 0.244 e. The summed E-state index contributed by atoms with van der Waals surface area (Å²) in [6.45, 7) is 2.17. The van der Waals surface area contributed by atoms with Crippen molar-refractivity contribution in [3.8, 4) is 11.5 Å². The van der Waals surface area contributed by atoms with Gasteiger partial charge in [-0.1, -0.05) is 18.2 Å². The molecule has 0 saturated heterocycles. The molecule has 0 radical (unpaired) electrons. The number of carbonyl (C=O) groups excluding carboxylic acids is 1. The molecule has 3 aromatic rings. The van der Waals surface area contributed by atoms with Crippen LogP contribution in [-0.4, -0.2) is 37.8 Å². The van der Waals surface area contributed by atoms with E-state index < -0.39 is 0 Å². The second-order valence-electron chi connectivity index (χ2n) is 6.93. The van der Waals surface area contributed by atoms with Gasteiger partial charge in [0.15, 0.2) is 0 Å². The molecule has 2 heterocycles. The molecular formula is C22H26ClN3O3. The molecule has 0 atom stereocenters. The third-order valence-corrected chi connectivity index (χ3v) is 5.22. The van der Waals surface area contributed by atoms with Crippen molar-refractivity contribution in [1.29, 1.82) is 0 Å². The number of hydrogen-bond donors (Lipinski definition) is 2. The number of anilines is 1. The van der Waals surface area contributed by atoms with Crippen LogP contribution in [0.25, 0.3) is 10.9 Å². The van der Waals surface area contributed by atoms with Crippen LogP contribution in [-0.2, 0) is 24.2 Å². The van der Waals surface area contributed by atoms with Crippen molar-refractivity contribution in [3.05, 3.63) is 53.7 Å². The number of nitrogens with one attached hydrogen (secondary N) is 2. The van der Waals surface area contributed by atoms with E-state index in [4.69, 9.17) is 9.47 Å². The van der Waals surface area contributed by atoms with Crippen molar-refractivity contribution in [1.82, 2.24) is 9.88 Å². The molecule has 29 heavy (non-hydrogen) atoms. The zero-order valence-electron chi connectivity index (χ0n) is 16.7. The molecule has 1 aliphatic heterocycles. The SMILES string of the molecule is COc1cc(NC(=O)Cn2c3c(c4ccccc42)CCNCC3)cc(OC)c1.Cl. The van der Waals surface area contributed by atoms with Crippen molar-refractivity contribution in [2.75, 3.05) is 32.6 Å². The number of ether oxygens (including phenoxy) is 2. The van der Waals surface area contributed by atoms with Gasteiger partial charge >= 0.3 is 0 Å². The van der Waals surface area contributed by atoms with Gasteiger partial charge < -0.3 is 24.7 Å². The Labute approximate surface area is 176 Å². The minimum absolute atomic E-state index is 0. The van der Waals surface area contributed by atoms with Gasteiger partial charge in [0.2, 0.25) is 5.91 Å². The molecule has 1 aliphatic rings. The van der Waals surface area contributed by atoms with Gasteiger partial charge in [-0.2, -0.15) is 0 Å². The van der Waals surface area contributed by atoms with Crippen LogP contribution < -0.4 is 20.1 Å². The van der Waals surface area contributed by atoms with E-state index in [9.17, 15) is 4.79 Å². The molecule has 0 saturated carbocycles. The highest BCUT2D eigenvalue weighted by Gasteiger charge is 2.20. The Morgan fingerprint density at radius 3 is 2.48 bits per heavy atom. The van der Waals surface area contributed by atoms with Gasteiger partial charge in [0.25, 0.3) is 0 Å². The summed E-state index contributed by atoms with van der Waals surface area (Å²) in [6.07, 6.45) is 1.90. The highest BCUT2D eigenvalue weighted by molar-refractivity contribution is 5.93. The van der Waals surface area contributed by atoms with Gasteiger partial charge in [0.1, 0.15) is 18.0 Å². The van der Waals surface area contributed by atoms with Crippen LogP contribution in [0, 0.1) is 0 Å². The van der Waals surface area contributed by atoms with Gasteiger partial charge in [0, 0.05) is 53.4 Å². The number of para-hydroxylation sites is 1. The fraction of sp³-hybridized carbons (Fsp3) is 0.318. The van der Waals surface area contributed by atoms with Gasteiger partial charge in [-0.25, -0.2) is 0 Å². The fourth-order valence-electron chi connectivity index (χ4n) is 3.94. The van der Waals surface area contributed by atoms with Crippen molar-refractivity contribution >= 4 is 34.9 Å². The summed E-state index contributed by atoms with van der Waals surface area (Å²) in [7, 11) is 3.19. The van der Waals surface area contributed by atoms with E-state index >= 15 is 0 Å². The van der Waals surface area contributed by atoms with Crippen LogP contribution in [0.15, 0.2) is 42.5 Å². The van der Waals surface area contributed by atoms with Crippen LogP contribution in [0.4, 0.5) is 5.69 Å². The van der Waals surface area contributed by atoms with E-state index in [-0.39, 0.29) is 24.9 Å². The molecule has 1 amide bonds. The zero-order chi connectivity index (χ0) is 19.5. The first-order valence-corrected chi connectivity index (χ1v) is 9.52. The summed E-state index contributed by atoms with van der Waals surface area (Å²) in [4.78, 5) is 12.9. The van der Waals surface area contributed by atoms with Crippen LogP contribution in [0.5, 0.6) is 11.5 Å². The second kappa shape index (κ2) is 9.20. The monoisotopic (exact) mass is 415 g/mol. The summed E-state index contributed by atoms with van der Waals surface area (Å²) in [6, 6.07) is 13.7. The lowest BCUT2D eigenvalue weighted by atomic mass is 10.1. The third kappa shape index (κ3) is 4.33. The lowest BCUT2D eigenvalue weighted by Crippen LogP contribution is -2.21. The third-order valence-electron chi connectivity index (χ3n) is 5.22. The highest BCUT2D eigenvalue weighted by atomic mass is 35.5. The molecule has 4 rings (SSSR count). The molecule has 1 aromatic heterocycles. The molecule has 0 spiro atoms. The first-order chi connectivity index (χ1) is 13.7. The predicted molar refractivity (Wildman–Crippen MR) is 118 cm³/mol. The fourth-order valence-corrected chi connectivity index (χ4v) is 3.94. The Hall–Kier alpha value is -2.70. The Balaban J connectivity index is 0.00000240. The Bertz CT molecular complexity index is 994. The Morgan fingerprint density at radius 2 is 1.76 bits per heavy atom. The molecule has 7 heteroatoms. The summed E-state index contributed by atoms with van der Waals surface area (Å²) < 4.78 is 12.7. The number of amides is 1. The number of nitrogens with zero attached hydrogens (tertiary/aromatic N) is 1. The molecule has 0 bridgehead atoms. The lowest BCUT2D eigenvalue weighted by Gasteiger charge is -2.13. The number of rotatable bonds is 5. The van der Waals surface area contributed by atoms with Gasteiger partial charge in [-0.3, -0.25) is 4.79 Å². The topological polar surface area (TPSA) is 64.5 Å². The van der Waals surface area contributed by atoms with Crippen LogP contribution in [0.1, 0.15) is 11.3 Å². The minimum atomic E-state index is -0.0731. The van der Waals surface area contributed by atoms with E-state index in [1.807, 2.05) is 6.07 Å². The smallest absolute Gasteiger partial charge is 0.244 e. The quantitative estimate of drug-likeness (QED) is 0.670. The maximum absolute atomic E-state index is 12.9. The summed E-state index contributed by atoms with van der Waals surface area (Å²) in [5.41, 5.74) is 4.39. The van der Waals surface area contributed by atoms with Gasteiger partial charge in [-0.05, 0) is 24.6 Å². The number of hydrogen-bond acceptors (Lipinski definition) is 4. The Kier molecular flexibility index (Phi) is 6.67. The van der Waals surface area contributed by atoms with E-state index in [0.717, 1.165) is 31.4 Å². The summed E-state index contributed by atoms with van der Waals surface area (Å²) >= 11 is 0. The number of fused-ring (bicyclic) bond motifs is 3. The molecule has 2 N–H and O–H groups in total. The zero-order valence-corrected chi connectivity index (χ0v) is 17.5. The molecule has 0 aliphatic carbocycles. The van der Waals surface area contributed by atoms with Crippen molar-refractivity contribution in [2.45, 2.75) is 19.4 Å². The van der Waals surface area contributed by atoms with E-state index in [1.165, 1.54) is 16.6 Å². The average Bonchev–Trinajstić information content (AvgIpc) is 2.87. The number of halogens is 1. The standard InChI is InChI=1S/C22H25N3O3.ClH/c1-27-16-11-15(12-17(13-16)28-2)24-22(26)14-25-20-6-4-3-5-18(20)19-7-9-23-10-8-21(19)25;/h3-6,11-13,23H,7-10,14H2,1-2H3,(H,24,26);1H. The average molecular weight is 416 g/mol. The number of methoxy groups -OCH3 is 2. The Morgan fingerprint density at radius 1 is 1.07 bits per heavy atom. The van der Waals surface area contributed by atoms with Gasteiger partial charge in [-0.15, -0.1) is 12.4 Å². The molecule has 6 nitrogen and oxygen atoms in total. The number of benzene rings is 2. The lowest BCUT2D eigenvalue weighted by molar-refractivity contribution is -0.116. The molecule has 2 aromatic carbocycles. The van der Waals surface area contributed by atoms with Gasteiger partial charge in [0.05, 0.1) is 14.2 Å². The van der Waals surface area contributed by atoms with Crippen LogP contribution >= 0.6 is 12.4 Å². The number of carbonyl (C=O) groups is 1. The molecule has 154 valence electrons. The van der Waals surface area contributed by atoms with E-state index in [0.29, 0.717) is 17.2 Å². The maximum atomic E-state index is 12.9. The largest absolute Gasteiger partial charge is 0.497 e. The first kappa shape index (κ1) is 21.0. The first-order valence-electron chi connectivity index (χ1n) is 9.52. The van der Waals surface area contributed by atoms with Crippen LogP contribution in [0.2, 0.25) is 0 Å². The molecule has 0 unspecified atom stereocenters. The second-order valence-corrected chi connectivity index (χ2v) is 6.93. The van der Waals surface area contributed by atoms with Crippen LogP contribution in [0.3, 0.4) is 0 Å². The normalized spacial score (nSPS) is 13.2. The summed E-state index contributed by atoms with van der Waals surface area (Å²) in [5, 5.41) is 7.68. The predicted octanol–water partition coefficient (Wildman–Crippen LogP) is 3.41. The number of aromatic nitrogens is 1. The molecule has 0 fully saturated rings. The van der Waals surface area contributed by atoms with Crippen molar-refractivity contribution in [3.63, 3.8) is 0 Å². The summed E-state index contributed by atoms with van der Waals surface area (Å²) in [5.74, 6) is 1.21. The van der Waals surface area contributed by atoms with E-state index in [2.05, 4.69) is 33.4 Å². The minimum Gasteiger partial charge on any atom is -0.497 e. The van der Waals surface area contributed by atoms with Crippen molar-refractivity contribution in [2.24, 2.45) is 0 Å². The highest BCUT2D eigenvalue weighted by Crippen LogP contribution is 2.29. The molecular weight excluding hydrogens is 390 g/mol.